The third kappa shape index (κ3) is 2.84. The van der Waals surface area contributed by atoms with Crippen molar-refractivity contribution in [3.63, 3.8) is 0 Å². The fourth-order valence-electron chi connectivity index (χ4n) is 3.22. The molecule has 1 N–H and O–H groups in total. The first-order chi connectivity index (χ1) is 11.0. The van der Waals surface area contributed by atoms with Gasteiger partial charge in [0.25, 0.3) is 0 Å². The van der Waals surface area contributed by atoms with Crippen molar-refractivity contribution in [3.05, 3.63) is 58.7 Å². The monoisotopic (exact) mass is 308 g/mol. The Balaban J connectivity index is 1.81. The SMILES string of the molecule is Cc1cc(C)c(NC(=O)C(=O)N2CCc3ccccc32)c(C)c1. The first kappa shape index (κ1) is 15.3. The number of nitrogens with zero attached hydrogens (tertiary/aromatic N) is 1. The van der Waals surface area contributed by atoms with Crippen LogP contribution in [0.3, 0.4) is 0 Å². The number of aryl methyl sites for hydroxylation is 3. The van der Waals surface area contributed by atoms with Gasteiger partial charge in [-0.2, -0.15) is 0 Å². The molecule has 0 radical (unpaired) electrons. The van der Waals surface area contributed by atoms with Gasteiger partial charge in [-0.05, 0) is 49.9 Å². The van der Waals surface area contributed by atoms with E-state index < -0.39 is 11.8 Å². The lowest BCUT2D eigenvalue weighted by Crippen LogP contribution is -2.39. The highest BCUT2D eigenvalue weighted by molar-refractivity contribution is 6.44. The van der Waals surface area contributed by atoms with Gasteiger partial charge >= 0.3 is 11.8 Å². The zero-order chi connectivity index (χ0) is 16.6. The minimum absolute atomic E-state index is 0.505. The fraction of sp³-hybridized carbons (Fsp3) is 0.263. The van der Waals surface area contributed by atoms with E-state index in [-0.39, 0.29) is 0 Å². The van der Waals surface area contributed by atoms with Crippen LogP contribution in [-0.2, 0) is 16.0 Å². The lowest BCUT2D eigenvalue weighted by atomic mass is 10.1. The van der Waals surface area contributed by atoms with Crippen molar-refractivity contribution in [2.45, 2.75) is 27.2 Å². The van der Waals surface area contributed by atoms with Gasteiger partial charge in [0.05, 0.1) is 0 Å². The first-order valence-electron chi connectivity index (χ1n) is 7.76. The molecule has 1 aliphatic rings. The Hall–Kier alpha value is -2.62. The summed E-state index contributed by atoms with van der Waals surface area (Å²) in [5, 5.41) is 2.78. The Kier molecular flexibility index (Phi) is 3.90. The van der Waals surface area contributed by atoms with Crippen LogP contribution in [0.25, 0.3) is 0 Å². The van der Waals surface area contributed by atoms with Gasteiger partial charge in [0.2, 0.25) is 0 Å². The van der Waals surface area contributed by atoms with Crippen LogP contribution in [0.15, 0.2) is 36.4 Å². The van der Waals surface area contributed by atoms with Crippen molar-refractivity contribution >= 4 is 23.2 Å². The normalized spacial score (nSPS) is 12.9. The molecule has 23 heavy (non-hydrogen) atoms. The standard InChI is InChI=1S/C19H20N2O2/c1-12-10-13(2)17(14(3)11-12)20-18(22)19(23)21-9-8-15-6-4-5-7-16(15)21/h4-7,10-11H,8-9H2,1-3H3,(H,20,22). The number of benzene rings is 2. The van der Waals surface area contributed by atoms with Crippen molar-refractivity contribution in [3.8, 4) is 0 Å². The number of carbonyl (C=O) groups excluding carboxylic acids is 2. The summed E-state index contributed by atoms with van der Waals surface area (Å²) in [5.74, 6) is -1.09. The van der Waals surface area contributed by atoms with Crippen LogP contribution in [0, 0.1) is 20.8 Å². The van der Waals surface area contributed by atoms with Crippen LogP contribution in [0.1, 0.15) is 22.3 Å². The molecule has 0 spiro atoms. The summed E-state index contributed by atoms with van der Waals surface area (Å²) in [6, 6.07) is 11.7. The van der Waals surface area contributed by atoms with E-state index in [0.29, 0.717) is 6.54 Å². The van der Waals surface area contributed by atoms with E-state index in [4.69, 9.17) is 0 Å². The van der Waals surface area contributed by atoms with Crippen molar-refractivity contribution in [2.75, 3.05) is 16.8 Å². The van der Waals surface area contributed by atoms with Gasteiger partial charge < -0.3 is 10.2 Å². The summed E-state index contributed by atoms with van der Waals surface area (Å²) in [6.07, 6.45) is 0.789. The summed E-state index contributed by atoms with van der Waals surface area (Å²) in [6.45, 7) is 6.44. The van der Waals surface area contributed by atoms with E-state index in [1.54, 1.807) is 4.90 Å². The minimum atomic E-state index is -0.586. The third-order valence-electron chi connectivity index (χ3n) is 4.24. The van der Waals surface area contributed by atoms with Gasteiger partial charge in [-0.1, -0.05) is 35.9 Å². The average molecular weight is 308 g/mol. The number of hydrogen-bond acceptors (Lipinski definition) is 2. The van der Waals surface area contributed by atoms with E-state index >= 15 is 0 Å². The number of amides is 2. The molecule has 4 nitrogen and oxygen atoms in total. The maximum Gasteiger partial charge on any atom is 0.316 e. The van der Waals surface area contributed by atoms with Crippen LogP contribution >= 0.6 is 0 Å². The Labute approximate surface area is 136 Å². The van der Waals surface area contributed by atoms with E-state index in [2.05, 4.69) is 5.32 Å². The van der Waals surface area contributed by atoms with Crippen molar-refractivity contribution in [2.24, 2.45) is 0 Å². The smallest absolute Gasteiger partial charge is 0.316 e. The third-order valence-corrected chi connectivity index (χ3v) is 4.24. The molecule has 2 aromatic carbocycles. The van der Waals surface area contributed by atoms with Gasteiger partial charge in [0.15, 0.2) is 0 Å². The fourth-order valence-corrected chi connectivity index (χ4v) is 3.22. The van der Waals surface area contributed by atoms with Gasteiger partial charge in [0, 0.05) is 17.9 Å². The molecule has 0 aromatic heterocycles. The largest absolute Gasteiger partial charge is 0.317 e. The zero-order valence-electron chi connectivity index (χ0n) is 13.6. The second kappa shape index (κ2) is 5.88. The Morgan fingerprint density at radius 1 is 1.04 bits per heavy atom. The minimum Gasteiger partial charge on any atom is -0.317 e. The molecule has 0 bridgehead atoms. The molecular weight excluding hydrogens is 288 g/mol. The van der Waals surface area contributed by atoms with Crippen molar-refractivity contribution in [1.29, 1.82) is 0 Å². The molecule has 4 heteroatoms. The van der Waals surface area contributed by atoms with Gasteiger partial charge in [-0.15, -0.1) is 0 Å². The quantitative estimate of drug-likeness (QED) is 0.823. The number of fused-ring (bicyclic) bond motifs is 1. The maximum absolute atomic E-state index is 12.5. The van der Waals surface area contributed by atoms with Gasteiger partial charge in [-0.25, -0.2) is 0 Å². The van der Waals surface area contributed by atoms with Crippen LogP contribution in [-0.4, -0.2) is 18.4 Å². The number of rotatable bonds is 1. The summed E-state index contributed by atoms with van der Waals surface area (Å²) >= 11 is 0. The number of nitrogens with one attached hydrogen (secondary N) is 1. The molecule has 118 valence electrons. The highest BCUT2D eigenvalue weighted by Gasteiger charge is 2.29. The number of anilines is 2. The predicted octanol–water partition coefficient (Wildman–Crippen LogP) is 3.14. The van der Waals surface area contributed by atoms with E-state index in [9.17, 15) is 9.59 Å². The molecule has 0 saturated carbocycles. The van der Waals surface area contributed by atoms with Crippen LogP contribution in [0.5, 0.6) is 0 Å². The second-order valence-corrected chi connectivity index (χ2v) is 6.06. The lowest BCUT2D eigenvalue weighted by molar-refractivity contribution is -0.134. The molecule has 1 heterocycles. The van der Waals surface area contributed by atoms with E-state index in [1.807, 2.05) is 57.2 Å². The van der Waals surface area contributed by atoms with Crippen LogP contribution < -0.4 is 10.2 Å². The molecular formula is C19H20N2O2. The summed E-state index contributed by atoms with van der Waals surface area (Å²) < 4.78 is 0. The van der Waals surface area contributed by atoms with Crippen LogP contribution in [0.2, 0.25) is 0 Å². The average Bonchev–Trinajstić information content (AvgIpc) is 2.93. The Morgan fingerprint density at radius 3 is 2.39 bits per heavy atom. The summed E-state index contributed by atoms with van der Waals surface area (Å²) in [5.41, 5.74) is 5.73. The predicted molar refractivity (Wildman–Crippen MR) is 91.8 cm³/mol. The first-order valence-corrected chi connectivity index (χ1v) is 7.76. The van der Waals surface area contributed by atoms with Crippen LogP contribution in [0.4, 0.5) is 11.4 Å². The van der Waals surface area contributed by atoms with Crippen molar-refractivity contribution in [1.82, 2.24) is 0 Å². The highest BCUT2D eigenvalue weighted by atomic mass is 16.2. The molecule has 0 atom stereocenters. The zero-order valence-corrected chi connectivity index (χ0v) is 13.6. The Bertz CT molecular complexity index is 773. The topological polar surface area (TPSA) is 49.4 Å². The number of para-hydroxylation sites is 1. The molecule has 0 fully saturated rings. The molecule has 0 unspecified atom stereocenters. The molecule has 0 aliphatic carbocycles. The summed E-state index contributed by atoms with van der Waals surface area (Å²) in [7, 11) is 0. The lowest BCUT2D eigenvalue weighted by Gasteiger charge is -2.18. The van der Waals surface area contributed by atoms with E-state index in [1.165, 1.54) is 0 Å². The van der Waals surface area contributed by atoms with Gasteiger partial charge in [0.1, 0.15) is 0 Å². The highest BCUT2D eigenvalue weighted by Crippen LogP contribution is 2.28. The Morgan fingerprint density at radius 2 is 1.70 bits per heavy atom. The second-order valence-electron chi connectivity index (χ2n) is 6.06. The maximum atomic E-state index is 12.5. The van der Waals surface area contributed by atoms with Gasteiger partial charge in [-0.3, -0.25) is 9.59 Å². The number of hydrogen-bond donors (Lipinski definition) is 1. The summed E-state index contributed by atoms with van der Waals surface area (Å²) in [4.78, 5) is 26.5. The molecule has 2 amide bonds. The number of carbonyl (C=O) groups is 2. The molecule has 2 aromatic rings. The molecule has 1 aliphatic heterocycles. The van der Waals surface area contributed by atoms with E-state index in [0.717, 1.165) is 40.0 Å². The molecule has 3 rings (SSSR count). The molecule has 0 saturated heterocycles. The van der Waals surface area contributed by atoms with Crippen molar-refractivity contribution < 1.29 is 9.59 Å².